The smallest absolute Gasteiger partial charge is 0.123 e. The number of fused-ring (bicyclic) bond motifs is 1. The molecule has 0 saturated carbocycles. The molecule has 0 aliphatic carbocycles. The summed E-state index contributed by atoms with van der Waals surface area (Å²) in [7, 11) is 2.11. The third-order valence-corrected chi connectivity index (χ3v) is 3.94. The van der Waals surface area contributed by atoms with Crippen molar-refractivity contribution in [2.24, 2.45) is 7.05 Å². The maximum atomic E-state index is 3.87. The molecule has 1 N–H and O–H groups in total. The van der Waals surface area contributed by atoms with Crippen LogP contribution in [0.2, 0.25) is 0 Å². The molecule has 0 bridgehead atoms. The fourth-order valence-electron chi connectivity index (χ4n) is 2.74. The Morgan fingerprint density at radius 2 is 2.00 bits per heavy atom. The number of nitrogens with zero attached hydrogens (tertiary/aromatic N) is 4. The van der Waals surface area contributed by atoms with Crippen molar-refractivity contribution in [3.05, 3.63) is 42.6 Å². The first kappa shape index (κ1) is 10.8. The van der Waals surface area contributed by atoms with E-state index in [1.165, 1.54) is 16.5 Å². The molecule has 1 saturated heterocycles. The van der Waals surface area contributed by atoms with Crippen molar-refractivity contribution in [3.63, 3.8) is 0 Å². The molecule has 3 heterocycles. The summed E-state index contributed by atoms with van der Waals surface area (Å²) in [5.41, 5.74) is 3.82. The molecule has 1 aliphatic heterocycles. The van der Waals surface area contributed by atoms with Crippen LogP contribution in [0.25, 0.3) is 16.6 Å². The van der Waals surface area contributed by atoms with E-state index in [2.05, 4.69) is 51.5 Å². The van der Waals surface area contributed by atoms with E-state index in [0.717, 1.165) is 18.8 Å². The Kier molecular flexibility index (Phi) is 2.22. The fraction of sp³-hybridized carbons (Fsp3) is 0.286. The van der Waals surface area contributed by atoms with Gasteiger partial charge in [-0.15, -0.1) is 10.2 Å². The van der Waals surface area contributed by atoms with E-state index in [9.17, 15) is 0 Å². The Balaban J connectivity index is 1.91. The van der Waals surface area contributed by atoms with Crippen LogP contribution < -0.4 is 5.32 Å². The minimum absolute atomic E-state index is 0.639. The van der Waals surface area contributed by atoms with Gasteiger partial charge in [-0.1, -0.05) is 0 Å². The SMILES string of the molecule is Cn1cc(C2CNC2)c2cc(-n3cnnc3)ccc21. The highest BCUT2D eigenvalue weighted by molar-refractivity contribution is 5.86. The molecular weight excluding hydrogens is 238 g/mol. The first-order chi connectivity index (χ1) is 9.33. The fourth-order valence-corrected chi connectivity index (χ4v) is 2.74. The highest BCUT2D eigenvalue weighted by atomic mass is 15.2. The molecular formula is C14H15N5. The molecule has 4 rings (SSSR count). The zero-order chi connectivity index (χ0) is 12.8. The first-order valence-electron chi connectivity index (χ1n) is 6.47. The second-order valence-corrected chi connectivity index (χ2v) is 5.12. The maximum Gasteiger partial charge on any atom is 0.123 e. The highest BCUT2D eigenvalue weighted by Crippen LogP contribution is 2.30. The molecule has 0 radical (unpaired) electrons. The van der Waals surface area contributed by atoms with E-state index in [-0.39, 0.29) is 0 Å². The van der Waals surface area contributed by atoms with E-state index in [1.807, 2.05) is 4.57 Å². The summed E-state index contributed by atoms with van der Waals surface area (Å²) in [4.78, 5) is 0. The molecule has 1 fully saturated rings. The van der Waals surface area contributed by atoms with Crippen molar-refractivity contribution >= 4 is 10.9 Å². The molecule has 5 heteroatoms. The monoisotopic (exact) mass is 253 g/mol. The van der Waals surface area contributed by atoms with Crippen molar-refractivity contribution in [1.82, 2.24) is 24.6 Å². The predicted molar refractivity (Wildman–Crippen MR) is 73.4 cm³/mol. The van der Waals surface area contributed by atoms with Gasteiger partial charge in [-0.3, -0.25) is 4.57 Å². The lowest BCUT2D eigenvalue weighted by atomic mass is 9.93. The van der Waals surface area contributed by atoms with Crippen LogP contribution in [0.4, 0.5) is 0 Å². The van der Waals surface area contributed by atoms with Crippen molar-refractivity contribution in [2.75, 3.05) is 13.1 Å². The Bertz CT molecular complexity index is 722. The molecule has 0 atom stereocenters. The molecule has 19 heavy (non-hydrogen) atoms. The van der Waals surface area contributed by atoms with Gasteiger partial charge in [0.05, 0.1) is 0 Å². The number of aromatic nitrogens is 4. The zero-order valence-electron chi connectivity index (χ0n) is 10.7. The van der Waals surface area contributed by atoms with E-state index in [1.54, 1.807) is 12.7 Å². The van der Waals surface area contributed by atoms with E-state index in [0.29, 0.717) is 5.92 Å². The van der Waals surface area contributed by atoms with Gasteiger partial charge < -0.3 is 9.88 Å². The van der Waals surface area contributed by atoms with E-state index >= 15 is 0 Å². The topological polar surface area (TPSA) is 47.7 Å². The van der Waals surface area contributed by atoms with E-state index in [4.69, 9.17) is 0 Å². The molecule has 2 aromatic heterocycles. The van der Waals surface area contributed by atoms with Gasteiger partial charge in [0.25, 0.3) is 0 Å². The lowest BCUT2D eigenvalue weighted by Gasteiger charge is -2.26. The van der Waals surface area contributed by atoms with Crippen LogP contribution in [0.15, 0.2) is 37.1 Å². The molecule has 1 aromatic carbocycles. The minimum atomic E-state index is 0.639. The van der Waals surface area contributed by atoms with Gasteiger partial charge in [0.1, 0.15) is 12.7 Å². The first-order valence-corrected chi connectivity index (χ1v) is 6.47. The average Bonchev–Trinajstić information content (AvgIpc) is 2.97. The van der Waals surface area contributed by atoms with Crippen molar-refractivity contribution in [3.8, 4) is 5.69 Å². The van der Waals surface area contributed by atoms with Crippen LogP contribution >= 0.6 is 0 Å². The van der Waals surface area contributed by atoms with Gasteiger partial charge in [0.2, 0.25) is 0 Å². The molecule has 1 aliphatic rings. The average molecular weight is 253 g/mol. The molecule has 0 spiro atoms. The molecule has 3 aromatic rings. The summed E-state index contributed by atoms with van der Waals surface area (Å²) >= 11 is 0. The number of rotatable bonds is 2. The summed E-state index contributed by atoms with van der Waals surface area (Å²) in [6.45, 7) is 2.16. The number of aryl methyl sites for hydroxylation is 1. The standard InChI is InChI=1S/C14H15N5/c1-18-7-13(10-5-15-6-10)12-4-11(2-3-14(12)18)19-8-16-17-9-19/h2-4,7-10,15H,5-6H2,1H3. The van der Waals surface area contributed by atoms with E-state index < -0.39 is 0 Å². The second kappa shape index (κ2) is 3.93. The molecule has 0 unspecified atom stereocenters. The Labute approximate surface area is 110 Å². The third kappa shape index (κ3) is 1.58. The van der Waals surface area contributed by atoms with Gasteiger partial charge >= 0.3 is 0 Å². The lowest BCUT2D eigenvalue weighted by molar-refractivity contribution is 0.450. The third-order valence-electron chi connectivity index (χ3n) is 3.94. The molecule has 0 amide bonds. The predicted octanol–water partition coefficient (Wildman–Crippen LogP) is 1.45. The van der Waals surface area contributed by atoms with Crippen molar-refractivity contribution in [2.45, 2.75) is 5.92 Å². The molecule has 96 valence electrons. The number of hydrogen-bond donors (Lipinski definition) is 1. The number of nitrogens with one attached hydrogen (secondary N) is 1. The quantitative estimate of drug-likeness (QED) is 0.752. The highest BCUT2D eigenvalue weighted by Gasteiger charge is 2.22. The summed E-state index contributed by atoms with van der Waals surface area (Å²) in [6.07, 6.45) is 5.72. The summed E-state index contributed by atoms with van der Waals surface area (Å²) in [5.74, 6) is 0.639. The van der Waals surface area contributed by atoms with Crippen LogP contribution in [-0.4, -0.2) is 32.4 Å². The van der Waals surface area contributed by atoms with Crippen LogP contribution in [0.3, 0.4) is 0 Å². The zero-order valence-corrected chi connectivity index (χ0v) is 10.7. The van der Waals surface area contributed by atoms with Crippen LogP contribution in [-0.2, 0) is 7.05 Å². The lowest BCUT2D eigenvalue weighted by Crippen LogP contribution is -2.39. The second-order valence-electron chi connectivity index (χ2n) is 5.12. The van der Waals surface area contributed by atoms with Crippen LogP contribution in [0.1, 0.15) is 11.5 Å². The molecule has 5 nitrogen and oxygen atoms in total. The number of benzene rings is 1. The Hall–Kier alpha value is -2.14. The summed E-state index contributed by atoms with van der Waals surface area (Å²) in [6, 6.07) is 6.50. The van der Waals surface area contributed by atoms with Gasteiger partial charge in [-0.2, -0.15) is 0 Å². The minimum Gasteiger partial charge on any atom is -0.350 e. The van der Waals surface area contributed by atoms with Gasteiger partial charge in [-0.05, 0) is 23.8 Å². The normalized spacial score (nSPS) is 15.8. The van der Waals surface area contributed by atoms with Crippen molar-refractivity contribution in [1.29, 1.82) is 0 Å². The van der Waals surface area contributed by atoms with Crippen LogP contribution in [0, 0.1) is 0 Å². The summed E-state index contributed by atoms with van der Waals surface area (Å²) < 4.78 is 4.15. The van der Waals surface area contributed by atoms with Crippen LogP contribution in [0.5, 0.6) is 0 Å². The Morgan fingerprint density at radius 1 is 1.21 bits per heavy atom. The summed E-state index contributed by atoms with van der Waals surface area (Å²) in [5, 5.41) is 12.4. The van der Waals surface area contributed by atoms with Gasteiger partial charge in [0, 0.05) is 48.8 Å². The van der Waals surface area contributed by atoms with Gasteiger partial charge in [-0.25, -0.2) is 0 Å². The van der Waals surface area contributed by atoms with Crippen molar-refractivity contribution < 1.29 is 0 Å². The Morgan fingerprint density at radius 3 is 2.68 bits per heavy atom. The maximum absolute atomic E-state index is 3.87. The number of hydrogen-bond acceptors (Lipinski definition) is 3. The largest absolute Gasteiger partial charge is 0.350 e. The van der Waals surface area contributed by atoms with Gasteiger partial charge in [0.15, 0.2) is 0 Å².